The summed E-state index contributed by atoms with van der Waals surface area (Å²) in [6, 6.07) is 0.639. The molecule has 0 aliphatic heterocycles. The molecule has 0 bridgehead atoms. The summed E-state index contributed by atoms with van der Waals surface area (Å²) in [5.41, 5.74) is -0.399. The van der Waals surface area contributed by atoms with Crippen molar-refractivity contribution < 1.29 is 18.3 Å². The van der Waals surface area contributed by atoms with Crippen molar-refractivity contribution in [3.8, 4) is 0 Å². The van der Waals surface area contributed by atoms with Crippen LogP contribution < -0.4 is 5.32 Å². The highest BCUT2D eigenvalue weighted by Gasteiger charge is 2.15. The van der Waals surface area contributed by atoms with Crippen LogP contribution in [0.1, 0.15) is 42.6 Å². The first-order valence-corrected chi connectivity index (χ1v) is 6.87. The number of nitrogens with zero attached hydrogens (tertiary/aromatic N) is 1. The fourth-order valence-electron chi connectivity index (χ4n) is 2.29. The van der Waals surface area contributed by atoms with Gasteiger partial charge in [-0.05, 0) is 12.8 Å². The average molecular weight is 284 g/mol. The van der Waals surface area contributed by atoms with Crippen LogP contribution in [0.3, 0.4) is 0 Å². The molecule has 1 aromatic rings. The molecule has 0 aromatic carbocycles. The number of nitrogens with one attached hydrogen (secondary N) is 1. The second-order valence-corrected chi connectivity index (χ2v) is 4.87. The van der Waals surface area contributed by atoms with Crippen LogP contribution in [0.25, 0.3) is 0 Å². The Hall–Kier alpha value is -1.56. The van der Waals surface area contributed by atoms with Gasteiger partial charge in [-0.3, -0.25) is 4.79 Å². The molecule has 2 rings (SSSR count). The zero-order valence-electron chi connectivity index (χ0n) is 11.2. The molecule has 1 amide bonds. The van der Waals surface area contributed by atoms with E-state index in [9.17, 15) is 13.6 Å². The van der Waals surface area contributed by atoms with Gasteiger partial charge in [0.25, 0.3) is 5.91 Å². The van der Waals surface area contributed by atoms with Crippen LogP contribution in [0.15, 0.2) is 12.3 Å². The number of ether oxygens (including phenoxy) is 1. The average Bonchev–Trinajstić information content (AvgIpc) is 2.44. The number of hydrogen-bond donors (Lipinski definition) is 1. The van der Waals surface area contributed by atoms with Crippen molar-refractivity contribution in [1.82, 2.24) is 10.3 Å². The summed E-state index contributed by atoms with van der Waals surface area (Å²) >= 11 is 0. The maximum Gasteiger partial charge on any atom is 0.273 e. The van der Waals surface area contributed by atoms with Gasteiger partial charge in [0.1, 0.15) is 5.82 Å². The Morgan fingerprint density at radius 3 is 2.80 bits per heavy atom. The number of carbonyl (C=O) groups excluding carboxylic acids is 1. The van der Waals surface area contributed by atoms with Crippen LogP contribution in [-0.2, 0) is 4.74 Å². The number of rotatable bonds is 5. The Morgan fingerprint density at radius 2 is 2.10 bits per heavy atom. The Bertz CT molecular complexity index is 462. The smallest absolute Gasteiger partial charge is 0.273 e. The molecule has 110 valence electrons. The minimum Gasteiger partial charge on any atom is -0.376 e. The molecule has 1 aliphatic carbocycles. The van der Waals surface area contributed by atoms with E-state index in [-0.39, 0.29) is 12.6 Å². The predicted octanol–water partition coefficient (Wildman–Crippen LogP) is 2.44. The lowest BCUT2D eigenvalue weighted by molar-refractivity contribution is 0.0299. The first-order valence-electron chi connectivity index (χ1n) is 6.87. The van der Waals surface area contributed by atoms with Gasteiger partial charge in [-0.15, -0.1) is 0 Å². The number of pyridine rings is 1. The van der Waals surface area contributed by atoms with Crippen LogP contribution in [0, 0.1) is 11.6 Å². The minimum absolute atomic E-state index is 0.265. The lowest BCUT2D eigenvalue weighted by atomic mass is 9.98. The maximum absolute atomic E-state index is 13.3. The molecule has 1 aliphatic rings. The largest absolute Gasteiger partial charge is 0.376 e. The number of amides is 1. The monoisotopic (exact) mass is 284 g/mol. The third-order valence-corrected chi connectivity index (χ3v) is 3.32. The molecule has 1 heterocycles. The number of aromatic nitrogens is 1. The van der Waals surface area contributed by atoms with Crippen molar-refractivity contribution in [3.05, 3.63) is 29.6 Å². The summed E-state index contributed by atoms with van der Waals surface area (Å²) in [5, 5.41) is 2.51. The highest BCUT2D eigenvalue weighted by Crippen LogP contribution is 2.19. The molecule has 4 nitrogen and oxygen atoms in total. The fourth-order valence-corrected chi connectivity index (χ4v) is 2.29. The second kappa shape index (κ2) is 7.28. The summed E-state index contributed by atoms with van der Waals surface area (Å²) in [6.45, 7) is 0.674. The van der Waals surface area contributed by atoms with E-state index < -0.39 is 23.2 Å². The van der Waals surface area contributed by atoms with E-state index in [0.717, 1.165) is 19.0 Å². The Labute approximate surface area is 116 Å². The standard InChI is InChI=1S/C14H18F2N2O2/c15-10-8-12(16)13(18-9-10)14(19)17-6-7-20-11-4-2-1-3-5-11/h8-9,11H,1-7H2,(H,17,19). The van der Waals surface area contributed by atoms with Gasteiger partial charge < -0.3 is 10.1 Å². The van der Waals surface area contributed by atoms with Gasteiger partial charge in [0.15, 0.2) is 11.5 Å². The molecule has 0 saturated heterocycles. The predicted molar refractivity (Wildman–Crippen MR) is 69.3 cm³/mol. The zero-order valence-corrected chi connectivity index (χ0v) is 11.2. The van der Waals surface area contributed by atoms with Gasteiger partial charge in [0.05, 0.1) is 18.9 Å². The van der Waals surface area contributed by atoms with Crippen molar-refractivity contribution in [2.24, 2.45) is 0 Å². The molecule has 0 radical (unpaired) electrons. The van der Waals surface area contributed by atoms with E-state index in [1.54, 1.807) is 0 Å². The van der Waals surface area contributed by atoms with E-state index in [1.807, 2.05) is 0 Å². The van der Waals surface area contributed by atoms with Crippen LogP contribution in [0.2, 0.25) is 0 Å². The van der Waals surface area contributed by atoms with E-state index in [2.05, 4.69) is 10.3 Å². The maximum atomic E-state index is 13.3. The molecule has 1 saturated carbocycles. The van der Waals surface area contributed by atoms with Crippen molar-refractivity contribution in [1.29, 1.82) is 0 Å². The quantitative estimate of drug-likeness (QED) is 0.845. The number of hydrogen-bond acceptors (Lipinski definition) is 3. The first-order chi connectivity index (χ1) is 9.66. The highest BCUT2D eigenvalue weighted by atomic mass is 19.1. The lowest BCUT2D eigenvalue weighted by Gasteiger charge is -2.21. The van der Waals surface area contributed by atoms with Crippen LogP contribution >= 0.6 is 0 Å². The number of carbonyl (C=O) groups is 1. The summed E-state index contributed by atoms with van der Waals surface area (Å²) < 4.78 is 31.6. The molecular formula is C14H18F2N2O2. The molecule has 0 unspecified atom stereocenters. The van der Waals surface area contributed by atoms with Gasteiger partial charge in [-0.25, -0.2) is 13.8 Å². The lowest BCUT2D eigenvalue weighted by Crippen LogP contribution is -2.30. The van der Waals surface area contributed by atoms with Crippen molar-refractivity contribution in [3.63, 3.8) is 0 Å². The Balaban J connectivity index is 1.72. The molecular weight excluding hydrogens is 266 g/mol. The van der Waals surface area contributed by atoms with E-state index in [1.165, 1.54) is 19.3 Å². The van der Waals surface area contributed by atoms with Gasteiger partial charge in [0.2, 0.25) is 0 Å². The fraction of sp³-hybridized carbons (Fsp3) is 0.571. The van der Waals surface area contributed by atoms with Crippen molar-refractivity contribution in [2.75, 3.05) is 13.2 Å². The van der Waals surface area contributed by atoms with Crippen LogP contribution in [-0.4, -0.2) is 30.1 Å². The van der Waals surface area contributed by atoms with Gasteiger partial charge in [-0.1, -0.05) is 19.3 Å². The van der Waals surface area contributed by atoms with Crippen molar-refractivity contribution >= 4 is 5.91 Å². The summed E-state index contributed by atoms with van der Waals surface area (Å²) in [7, 11) is 0. The Kier molecular flexibility index (Phi) is 5.40. The van der Waals surface area contributed by atoms with E-state index in [0.29, 0.717) is 12.7 Å². The first kappa shape index (κ1) is 14.8. The number of halogens is 2. The normalized spacial score (nSPS) is 16.1. The molecule has 0 spiro atoms. The second-order valence-electron chi connectivity index (χ2n) is 4.87. The van der Waals surface area contributed by atoms with Gasteiger partial charge in [-0.2, -0.15) is 0 Å². The molecule has 1 N–H and O–H groups in total. The topological polar surface area (TPSA) is 51.2 Å². The third kappa shape index (κ3) is 4.23. The van der Waals surface area contributed by atoms with Crippen LogP contribution in [0.4, 0.5) is 8.78 Å². The third-order valence-electron chi connectivity index (χ3n) is 3.32. The SMILES string of the molecule is O=C(NCCOC1CCCCC1)c1ncc(F)cc1F. The van der Waals surface area contributed by atoms with Gasteiger partial charge >= 0.3 is 0 Å². The highest BCUT2D eigenvalue weighted by molar-refractivity contribution is 5.92. The summed E-state index contributed by atoms with van der Waals surface area (Å²) in [5.74, 6) is -2.43. The molecule has 0 atom stereocenters. The van der Waals surface area contributed by atoms with Crippen LogP contribution in [0.5, 0.6) is 0 Å². The summed E-state index contributed by atoms with van der Waals surface area (Å²) in [6.07, 6.45) is 6.82. The molecule has 1 aromatic heterocycles. The molecule has 1 fully saturated rings. The van der Waals surface area contributed by atoms with Gasteiger partial charge in [0, 0.05) is 12.6 Å². The van der Waals surface area contributed by atoms with E-state index in [4.69, 9.17) is 4.74 Å². The van der Waals surface area contributed by atoms with Crippen molar-refractivity contribution in [2.45, 2.75) is 38.2 Å². The Morgan fingerprint density at radius 1 is 1.35 bits per heavy atom. The minimum atomic E-state index is -0.962. The zero-order chi connectivity index (χ0) is 14.4. The summed E-state index contributed by atoms with van der Waals surface area (Å²) in [4.78, 5) is 15.1. The molecule has 20 heavy (non-hydrogen) atoms. The molecule has 6 heteroatoms. The van der Waals surface area contributed by atoms with E-state index >= 15 is 0 Å².